The van der Waals surface area contributed by atoms with Gasteiger partial charge in [-0.3, -0.25) is 4.79 Å². The first kappa shape index (κ1) is 25.8. The summed E-state index contributed by atoms with van der Waals surface area (Å²) in [6.07, 6.45) is 0.972. The van der Waals surface area contributed by atoms with E-state index in [0.717, 1.165) is 22.6 Å². The van der Waals surface area contributed by atoms with Gasteiger partial charge in [0.1, 0.15) is 42.2 Å². The maximum atomic E-state index is 13.7. The van der Waals surface area contributed by atoms with E-state index in [2.05, 4.69) is 29.9 Å². The molecule has 36 heavy (non-hydrogen) atoms. The van der Waals surface area contributed by atoms with Crippen LogP contribution >= 0.6 is 0 Å². The molecule has 192 valence electrons. The molecule has 1 saturated carbocycles. The number of nitrogens with zero attached hydrogens (tertiary/aromatic N) is 2. The number of carbonyl (C=O) groups excluding carboxylic acids is 2. The molecule has 3 atom stereocenters. The van der Waals surface area contributed by atoms with Crippen LogP contribution < -0.4 is 14.8 Å². The number of hydrogen-bond acceptors (Lipinski definition) is 6. The van der Waals surface area contributed by atoms with E-state index in [4.69, 9.17) is 14.2 Å². The maximum absolute atomic E-state index is 13.7. The zero-order valence-corrected chi connectivity index (χ0v) is 22.2. The number of halogens is 1. The third kappa shape index (κ3) is 5.29. The lowest BCUT2D eigenvalue weighted by Crippen LogP contribution is -2.22. The molecule has 3 aromatic rings. The standard InChI is InChI=1S/C26H32FN3O5Si/c1-33-19-7-6-8-20(34-2)22(19)17-13-30(15-35-11-12-36(3,4)5)25-16(17)9-10-21(28-25)29-26(32)23-18(14-31)24(23)27/h6-10,13-14,18,23-24H,11-12,15H2,1-5H3,(H,28,29,32)/t18?,23?,24-/m1/s1. The van der Waals surface area contributed by atoms with Crippen LogP contribution in [0.15, 0.2) is 36.5 Å². The first-order valence-electron chi connectivity index (χ1n) is 11.9. The van der Waals surface area contributed by atoms with E-state index in [1.54, 1.807) is 20.3 Å². The largest absolute Gasteiger partial charge is 0.496 e. The number of alkyl halides is 1. The Kier molecular flexibility index (Phi) is 7.46. The van der Waals surface area contributed by atoms with Crippen LogP contribution in [0.25, 0.3) is 22.2 Å². The Labute approximate surface area is 210 Å². The highest BCUT2D eigenvalue weighted by Crippen LogP contribution is 2.43. The molecule has 1 amide bonds. The zero-order valence-electron chi connectivity index (χ0n) is 21.2. The van der Waals surface area contributed by atoms with Gasteiger partial charge in [0.05, 0.1) is 31.6 Å². The summed E-state index contributed by atoms with van der Waals surface area (Å²) in [5.41, 5.74) is 2.20. The summed E-state index contributed by atoms with van der Waals surface area (Å²) in [7, 11) is 1.95. The van der Waals surface area contributed by atoms with Crippen LogP contribution in [-0.4, -0.2) is 56.8 Å². The molecule has 0 spiro atoms. The Balaban J connectivity index is 1.71. The summed E-state index contributed by atoms with van der Waals surface area (Å²) in [5.74, 6) is -0.841. The third-order valence-electron chi connectivity index (χ3n) is 6.34. The van der Waals surface area contributed by atoms with Crippen molar-refractivity contribution >= 4 is 37.1 Å². The monoisotopic (exact) mass is 513 g/mol. The van der Waals surface area contributed by atoms with Gasteiger partial charge >= 0.3 is 0 Å². The number of pyridine rings is 1. The van der Waals surface area contributed by atoms with Crippen molar-refractivity contribution in [1.82, 2.24) is 9.55 Å². The van der Waals surface area contributed by atoms with Gasteiger partial charge in [-0.15, -0.1) is 0 Å². The predicted molar refractivity (Wildman–Crippen MR) is 139 cm³/mol. The molecule has 0 radical (unpaired) electrons. The van der Waals surface area contributed by atoms with E-state index in [-0.39, 0.29) is 12.5 Å². The summed E-state index contributed by atoms with van der Waals surface area (Å²) >= 11 is 0. The number of anilines is 1. The molecular formula is C26H32FN3O5Si. The van der Waals surface area contributed by atoms with Gasteiger partial charge in [-0.2, -0.15) is 0 Å². The van der Waals surface area contributed by atoms with Crippen LogP contribution in [0.5, 0.6) is 11.5 Å². The predicted octanol–water partition coefficient (Wildman–Crippen LogP) is 4.75. The van der Waals surface area contributed by atoms with Crippen LogP contribution in [0.2, 0.25) is 25.7 Å². The van der Waals surface area contributed by atoms with E-state index in [1.165, 1.54) is 0 Å². The Morgan fingerprint density at radius 3 is 2.44 bits per heavy atom. The number of hydrogen-bond donors (Lipinski definition) is 1. The molecule has 1 aliphatic rings. The Bertz CT molecular complexity index is 1250. The normalized spacial score (nSPS) is 19.2. The molecule has 1 aromatic carbocycles. The van der Waals surface area contributed by atoms with Crippen LogP contribution in [0, 0.1) is 11.8 Å². The van der Waals surface area contributed by atoms with Crippen LogP contribution in [-0.2, 0) is 21.1 Å². The van der Waals surface area contributed by atoms with Crippen molar-refractivity contribution in [1.29, 1.82) is 0 Å². The highest BCUT2D eigenvalue weighted by molar-refractivity contribution is 6.76. The summed E-state index contributed by atoms with van der Waals surface area (Å²) < 4.78 is 32.9. The lowest BCUT2D eigenvalue weighted by Gasteiger charge is -2.15. The van der Waals surface area contributed by atoms with Gasteiger partial charge in [-0.25, -0.2) is 9.37 Å². The number of carbonyl (C=O) groups is 2. The zero-order chi connectivity index (χ0) is 26.0. The first-order valence-corrected chi connectivity index (χ1v) is 15.6. The minimum absolute atomic E-state index is 0.269. The fourth-order valence-electron chi connectivity index (χ4n) is 4.17. The van der Waals surface area contributed by atoms with Gasteiger partial charge in [0.25, 0.3) is 0 Å². The second kappa shape index (κ2) is 10.4. The number of amides is 1. The van der Waals surface area contributed by atoms with E-state index in [9.17, 15) is 14.0 Å². The molecular weight excluding hydrogens is 481 g/mol. The minimum atomic E-state index is -1.44. The molecule has 2 unspecified atom stereocenters. The molecule has 0 aliphatic heterocycles. The fourth-order valence-corrected chi connectivity index (χ4v) is 4.93. The van der Waals surface area contributed by atoms with Gasteiger partial charge in [0.15, 0.2) is 0 Å². The van der Waals surface area contributed by atoms with Crippen LogP contribution in [0.3, 0.4) is 0 Å². The highest BCUT2D eigenvalue weighted by atomic mass is 28.3. The van der Waals surface area contributed by atoms with Crippen molar-refractivity contribution in [3.05, 3.63) is 36.5 Å². The Morgan fingerprint density at radius 2 is 1.86 bits per heavy atom. The van der Waals surface area contributed by atoms with E-state index >= 15 is 0 Å². The maximum Gasteiger partial charge on any atom is 0.232 e. The molecule has 2 aromatic heterocycles. The highest BCUT2D eigenvalue weighted by Gasteiger charge is 2.56. The molecule has 1 fully saturated rings. The summed E-state index contributed by atoms with van der Waals surface area (Å²) in [6.45, 7) is 7.78. The van der Waals surface area contributed by atoms with Crippen LogP contribution in [0.4, 0.5) is 10.2 Å². The number of rotatable bonds is 11. The van der Waals surface area contributed by atoms with Gasteiger partial charge in [-0.1, -0.05) is 25.7 Å². The van der Waals surface area contributed by atoms with E-state index < -0.39 is 32.0 Å². The molecule has 0 bridgehead atoms. The quantitative estimate of drug-likeness (QED) is 0.226. The number of nitrogens with one attached hydrogen (secondary N) is 1. The molecule has 4 rings (SSSR count). The van der Waals surface area contributed by atoms with Gasteiger partial charge < -0.3 is 28.9 Å². The third-order valence-corrected chi connectivity index (χ3v) is 8.05. The number of aromatic nitrogens is 2. The average molecular weight is 514 g/mol. The SMILES string of the molecule is COc1cccc(OC)c1-c1cn(COCC[Si](C)(C)C)c2nc(NC(=O)C3C(C=O)[C@H]3F)ccc12. The summed E-state index contributed by atoms with van der Waals surface area (Å²) in [6, 6.07) is 10.1. The van der Waals surface area contributed by atoms with Crippen molar-refractivity contribution in [2.24, 2.45) is 11.8 Å². The van der Waals surface area contributed by atoms with E-state index in [0.29, 0.717) is 30.0 Å². The minimum Gasteiger partial charge on any atom is -0.496 e. The van der Waals surface area contributed by atoms with Crippen molar-refractivity contribution in [2.75, 3.05) is 26.1 Å². The van der Waals surface area contributed by atoms with Crippen molar-refractivity contribution in [2.45, 2.75) is 38.6 Å². The number of benzene rings is 1. The van der Waals surface area contributed by atoms with Gasteiger partial charge in [-0.05, 0) is 30.3 Å². The number of fused-ring (bicyclic) bond motifs is 1. The van der Waals surface area contributed by atoms with Crippen molar-refractivity contribution in [3.63, 3.8) is 0 Å². The number of methoxy groups -OCH3 is 2. The average Bonchev–Trinajstić information content (AvgIpc) is 3.39. The number of ether oxygens (including phenoxy) is 3. The van der Waals surface area contributed by atoms with E-state index in [1.807, 2.05) is 35.0 Å². The van der Waals surface area contributed by atoms with Crippen LogP contribution in [0.1, 0.15) is 0 Å². The molecule has 8 nitrogen and oxygen atoms in total. The lowest BCUT2D eigenvalue weighted by molar-refractivity contribution is -0.119. The number of aldehydes is 1. The van der Waals surface area contributed by atoms with Gasteiger partial charge in [0.2, 0.25) is 5.91 Å². The molecule has 1 aliphatic carbocycles. The lowest BCUT2D eigenvalue weighted by atomic mass is 10.0. The topological polar surface area (TPSA) is 91.7 Å². The Hall–Kier alpha value is -3.24. The molecule has 0 saturated heterocycles. The first-order chi connectivity index (χ1) is 17.2. The molecule has 2 heterocycles. The summed E-state index contributed by atoms with van der Waals surface area (Å²) in [4.78, 5) is 28.0. The molecule has 10 heteroatoms. The Morgan fingerprint density at radius 1 is 1.17 bits per heavy atom. The smallest absolute Gasteiger partial charge is 0.232 e. The van der Waals surface area contributed by atoms with Crippen molar-refractivity contribution < 1.29 is 28.2 Å². The molecule has 1 N–H and O–H groups in total. The second-order valence-electron chi connectivity index (χ2n) is 10.1. The van der Waals surface area contributed by atoms with Crippen molar-refractivity contribution in [3.8, 4) is 22.6 Å². The van der Waals surface area contributed by atoms with Gasteiger partial charge in [0, 0.05) is 31.8 Å². The fraction of sp³-hybridized carbons (Fsp3) is 0.423. The summed E-state index contributed by atoms with van der Waals surface area (Å²) in [5, 5.41) is 3.46. The second-order valence-corrected chi connectivity index (χ2v) is 15.8.